The smallest absolute Gasteiger partial charge is 0.248 e. The minimum absolute atomic E-state index is 0.115. The third-order valence-corrected chi connectivity index (χ3v) is 6.93. The maximum absolute atomic E-state index is 12.9. The highest BCUT2D eigenvalue weighted by Crippen LogP contribution is 2.34. The highest BCUT2D eigenvalue weighted by atomic mass is 32.1. The van der Waals surface area contributed by atoms with Gasteiger partial charge in [0.1, 0.15) is 11.9 Å². The van der Waals surface area contributed by atoms with Crippen molar-refractivity contribution in [3.63, 3.8) is 0 Å². The van der Waals surface area contributed by atoms with E-state index in [9.17, 15) is 9.59 Å². The number of nitrogens with one attached hydrogen (secondary N) is 1. The first-order valence-electron chi connectivity index (χ1n) is 11.2. The quantitative estimate of drug-likeness (QED) is 0.585. The second kappa shape index (κ2) is 8.82. The summed E-state index contributed by atoms with van der Waals surface area (Å²) in [5.41, 5.74) is 2.13. The fraction of sp³-hybridized carbons (Fsp3) is 0.360. The molecule has 6 nitrogen and oxygen atoms in total. The Bertz CT molecular complexity index is 1220. The Morgan fingerprint density at radius 1 is 1.06 bits per heavy atom. The normalized spacial score (nSPS) is 18.6. The molecule has 0 saturated carbocycles. The predicted octanol–water partition coefficient (Wildman–Crippen LogP) is 4.52. The van der Waals surface area contributed by atoms with E-state index in [-0.39, 0.29) is 11.8 Å². The maximum atomic E-state index is 12.9. The Morgan fingerprint density at radius 2 is 1.78 bits per heavy atom. The van der Waals surface area contributed by atoms with Crippen molar-refractivity contribution in [2.45, 2.75) is 38.1 Å². The van der Waals surface area contributed by atoms with Gasteiger partial charge < -0.3 is 10.2 Å². The largest absolute Gasteiger partial charge is 0.343 e. The Labute approximate surface area is 192 Å². The van der Waals surface area contributed by atoms with Crippen LogP contribution in [0, 0.1) is 10.7 Å². The highest BCUT2D eigenvalue weighted by molar-refractivity contribution is 7.71. The molecule has 7 heteroatoms. The molecule has 0 aliphatic carbocycles. The van der Waals surface area contributed by atoms with Gasteiger partial charge in [-0.3, -0.25) is 14.2 Å². The third kappa shape index (κ3) is 4.05. The fourth-order valence-corrected chi connectivity index (χ4v) is 5.22. The lowest BCUT2D eigenvalue weighted by atomic mass is 9.90. The topological polar surface area (TPSA) is 67.2 Å². The minimum Gasteiger partial charge on any atom is -0.343 e. The van der Waals surface area contributed by atoms with Gasteiger partial charge in [-0.2, -0.15) is 0 Å². The van der Waals surface area contributed by atoms with Gasteiger partial charge in [0, 0.05) is 24.9 Å². The predicted molar refractivity (Wildman–Crippen MR) is 127 cm³/mol. The van der Waals surface area contributed by atoms with E-state index in [0.717, 1.165) is 43.3 Å². The van der Waals surface area contributed by atoms with Gasteiger partial charge in [-0.15, -0.1) is 0 Å². The van der Waals surface area contributed by atoms with Gasteiger partial charge in [0.25, 0.3) is 0 Å². The van der Waals surface area contributed by atoms with Crippen molar-refractivity contribution in [3.8, 4) is 0 Å². The molecule has 1 saturated heterocycles. The summed E-state index contributed by atoms with van der Waals surface area (Å²) in [5.74, 6) is 1.30. The number of para-hydroxylation sites is 1. The van der Waals surface area contributed by atoms with Crippen LogP contribution in [-0.2, 0) is 16.0 Å². The lowest BCUT2D eigenvalue weighted by molar-refractivity contribution is -0.133. The van der Waals surface area contributed by atoms with Crippen molar-refractivity contribution >= 4 is 40.8 Å². The summed E-state index contributed by atoms with van der Waals surface area (Å²) in [5, 5.41) is 3.82. The van der Waals surface area contributed by atoms with Crippen LogP contribution in [0.5, 0.6) is 0 Å². The number of amides is 2. The SMILES string of the molecule is O=C1Nc2c3ccccc3nc(=S)n2C1CCC(=O)N1CCC(Cc2ccccc2)CC1. The molecule has 32 heavy (non-hydrogen) atoms. The van der Waals surface area contributed by atoms with Crippen LogP contribution in [0.4, 0.5) is 5.82 Å². The summed E-state index contributed by atoms with van der Waals surface area (Å²) >= 11 is 5.47. The summed E-state index contributed by atoms with van der Waals surface area (Å²) in [6.45, 7) is 1.57. The zero-order valence-corrected chi connectivity index (χ0v) is 18.7. The average molecular weight is 447 g/mol. The van der Waals surface area contributed by atoms with E-state index in [4.69, 9.17) is 12.2 Å². The van der Waals surface area contributed by atoms with Crippen LogP contribution >= 0.6 is 12.2 Å². The minimum atomic E-state index is -0.492. The van der Waals surface area contributed by atoms with Gasteiger partial charge in [0.2, 0.25) is 16.6 Å². The van der Waals surface area contributed by atoms with Crippen molar-refractivity contribution < 1.29 is 9.59 Å². The molecule has 1 atom stereocenters. The van der Waals surface area contributed by atoms with E-state index >= 15 is 0 Å². The van der Waals surface area contributed by atoms with E-state index in [1.807, 2.05) is 35.2 Å². The molecule has 164 valence electrons. The van der Waals surface area contributed by atoms with Crippen LogP contribution in [0.1, 0.15) is 37.3 Å². The molecule has 1 unspecified atom stereocenters. The van der Waals surface area contributed by atoms with Crippen LogP contribution in [0.3, 0.4) is 0 Å². The van der Waals surface area contributed by atoms with E-state index < -0.39 is 6.04 Å². The van der Waals surface area contributed by atoms with Crippen LogP contribution in [0.15, 0.2) is 54.6 Å². The van der Waals surface area contributed by atoms with Crippen LogP contribution in [0.25, 0.3) is 10.9 Å². The molecule has 3 aromatic rings. The van der Waals surface area contributed by atoms with Crippen LogP contribution in [-0.4, -0.2) is 39.4 Å². The number of carbonyl (C=O) groups is 2. The lowest BCUT2D eigenvalue weighted by Gasteiger charge is -2.32. The van der Waals surface area contributed by atoms with Gasteiger partial charge in [-0.25, -0.2) is 4.98 Å². The summed E-state index contributed by atoms with van der Waals surface area (Å²) in [7, 11) is 0. The number of aromatic nitrogens is 2. The summed E-state index contributed by atoms with van der Waals surface area (Å²) in [6.07, 6.45) is 3.87. The zero-order chi connectivity index (χ0) is 22.1. The summed E-state index contributed by atoms with van der Waals surface area (Å²) < 4.78 is 2.15. The second-order valence-electron chi connectivity index (χ2n) is 8.69. The zero-order valence-electron chi connectivity index (χ0n) is 17.9. The van der Waals surface area contributed by atoms with E-state index in [1.54, 1.807) is 4.57 Å². The van der Waals surface area contributed by atoms with Crippen molar-refractivity contribution in [3.05, 3.63) is 64.9 Å². The molecular weight excluding hydrogens is 420 g/mol. The Balaban J connectivity index is 1.21. The standard InChI is InChI=1S/C25H26N4O2S/c30-22(28-14-12-18(13-15-28)16-17-6-2-1-3-7-17)11-10-21-24(31)27-23-19-8-4-5-9-20(19)26-25(32)29(21)23/h1-9,18,21H,10-16H2,(H,27,31). The van der Waals surface area contributed by atoms with Gasteiger partial charge >= 0.3 is 0 Å². The number of rotatable bonds is 5. The Kier molecular flexibility index (Phi) is 5.74. The van der Waals surface area contributed by atoms with Crippen molar-refractivity contribution in [2.24, 2.45) is 5.92 Å². The van der Waals surface area contributed by atoms with Crippen molar-refractivity contribution in [1.29, 1.82) is 0 Å². The maximum Gasteiger partial charge on any atom is 0.248 e. The molecule has 0 spiro atoms. The first-order valence-corrected chi connectivity index (χ1v) is 11.6. The summed E-state index contributed by atoms with van der Waals surface area (Å²) in [6, 6.07) is 17.7. The number of likely N-dealkylation sites (tertiary alicyclic amines) is 1. The van der Waals surface area contributed by atoms with E-state index in [0.29, 0.717) is 29.3 Å². The molecule has 1 N–H and O–H groups in total. The molecule has 0 radical (unpaired) electrons. The molecule has 1 fully saturated rings. The Morgan fingerprint density at radius 3 is 2.56 bits per heavy atom. The number of nitrogens with zero attached hydrogens (tertiary/aromatic N) is 3. The number of anilines is 1. The monoisotopic (exact) mass is 446 g/mol. The highest BCUT2D eigenvalue weighted by Gasteiger charge is 2.33. The molecule has 3 heterocycles. The molecular formula is C25H26N4O2S. The molecule has 2 aromatic carbocycles. The van der Waals surface area contributed by atoms with Gasteiger partial charge in [-0.1, -0.05) is 42.5 Å². The lowest BCUT2D eigenvalue weighted by Crippen LogP contribution is -2.39. The molecule has 1 aromatic heterocycles. The number of piperidine rings is 1. The first-order chi connectivity index (χ1) is 15.6. The van der Waals surface area contributed by atoms with Crippen molar-refractivity contribution in [1.82, 2.24) is 14.5 Å². The number of benzene rings is 2. The fourth-order valence-electron chi connectivity index (χ4n) is 4.90. The second-order valence-corrected chi connectivity index (χ2v) is 9.05. The third-order valence-electron chi connectivity index (χ3n) is 6.64. The number of fused-ring (bicyclic) bond motifs is 3. The molecule has 2 aliphatic rings. The van der Waals surface area contributed by atoms with E-state index in [2.05, 4.69) is 34.6 Å². The van der Waals surface area contributed by atoms with Gasteiger partial charge in [0.15, 0.2) is 0 Å². The number of hydrogen-bond acceptors (Lipinski definition) is 4. The summed E-state index contributed by atoms with van der Waals surface area (Å²) in [4.78, 5) is 32.0. The average Bonchev–Trinajstić information content (AvgIpc) is 3.15. The first kappa shape index (κ1) is 20.8. The van der Waals surface area contributed by atoms with Crippen LogP contribution < -0.4 is 5.32 Å². The molecule has 2 amide bonds. The number of carbonyl (C=O) groups excluding carboxylic acids is 2. The van der Waals surface area contributed by atoms with Crippen LogP contribution in [0.2, 0.25) is 0 Å². The van der Waals surface area contributed by atoms with Gasteiger partial charge in [-0.05, 0) is 61.5 Å². The van der Waals surface area contributed by atoms with Crippen molar-refractivity contribution in [2.75, 3.05) is 18.4 Å². The van der Waals surface area contributed by atoms with Gasteiger partial charge in [0.05, 0.1) is 5.52 Å². The number of hydrogen-bond donors (Lipinski definition) is 1. The van der Waals surface area contributed by atoms with E-state index in [1.165, 1.54) is 5.56 Å². The Hall–Kier alpha value is -3.06. The molecule has 5 rings (SSSR count). The molecule has 2 aliphatic heterocycles. The molecule has 0 bridgehead atoms.